The van der Waals surface area contributed by atoms with E-state index in [4.69, 9.17) is 15.4 Å². The van der Waals surface area contributed by atoms with Gasteiger partial charge in [-0.1, -0.05) is 24.3 Å². The topological polar surface area (TPSA) is 72.5 Å². The number of amides is 1. The molecule has 0 fully saturated rings. The summed E-state index contributed by atoms with van der Waals surface area (Å²) < 4.78 is 27.5. The van der Waals surface area contributed by atoms with Gasteiger partial charge in [0.25, 0.3) is 15.0 Å². The lowest BCUT2D eigenvalue weighted by Gasteiger charge is -2.09. The molecule has 23 heavy (non-hydrogen) atoms. The minimum absolute atomic E-state index is 0.0565. The van der Waals surface area contributed by atoms with E-state index in [0.717, 1.165) is 5.56 Å². The summed E-state index contributed by atoms with van der Waals surface area (Å²) in [7, 11) is 3.06. The van der Waals surface area contributed by atoms with Crippen LogP contribution in [0.1, 0.15) is 15.9 Å². The molecule has 7 heteroatoms. The molecule has 0 aliphatic heterocycles. The van der Waals surface area contributed by atoms with Crippen LogP contribution in [0.5, 0.6) is 5.75 Å². The first-order chi connectivity index (χ1) is 10.9. The Morgan fingerprint density at radius 1 is 1.13 bits per heavy atom. The first-order valence-corrected chi connectivity index (χ1v) is 9.17. The van der Waals surface area contributed by atoms with Gasteiger partial charge >= 0.3 is 0 Å². The molecule has 2 rings (SSSR count). The van der Waals surface area contributed by atoms with E-state index in [0.29, 0.717) is 24.3 Å². The molecule has 1 amide bonds. The zero-order chi connectivity index (χ0) is 16.9. The van der Waals surface area contributed by atoms with Crippen LogP contribution in [0.2, 0.25) is 0 Å². The number of benzene rings is 2. The third-order valence-electron chi connectivity index (χ3n) is 3.26. The highest BCUT2D eigenvalue weighted by atomic mass is 35.7. The highest BCUT2D eigenvalue weighted by Gasteiger charge is 2.11. The number of carbonyl (C=O) groups excluding carboxylic acids is 1. The van der Waals surface area contributed by atoms with Gasteiger partial charge in [0.1, 0.15) is 5.75 Å². The van der Waals surface area contributed by atoms with Crippen LogP contribution >= 0.6 is 10.7 Å². The Bertz CT molecular complexity index is 788. The van der Waals surface area contributed by atoms with Gasteiger partial charge in [-0.2, -0.15) is 0 Å². The minimum atomic E-state index is -3.71. The molecule has 0 bridgehead atoms. The minimum Gasteiger partial charge on any atom is -0.496 e. The maximum Gasteiger partial charge on any atom is 0.261 e. The fraction of sp³-hybridized carbons (Fsp3) is 0.188. The average molecular weight is 354 g/mol. The number of halogens is 1. The summed E-state index contributed by atoms with van der Waals surface area (Å²) in [5.74, 6) is 0.295. The van der Waals surface area contributed by atoms with Crippen LogP contribution in [0.4, 0.5) is 0 Å². The van der Waals surface area contributed by atoms with Gasteiger partial charge in [-0.15, -0.1) is 0 Å². The van der Waals surface area contributed by atoms with Crippen molar-refractivity contribution in [3.05, 3.63) is 59.7 Å². The second kappa shape index (κ2) is 7.48. The molecule has 0 heterocycles. The van der Waals surface area contributed by atoms with E-state index < -0.39 is 9.05 Å². The monoisotopic (exact) mass is 353 g/mol. The van der Waals surface area contributed by atoms with Gasteiger partial charge in [0.15, 0.2) is 0 Å². The summed E-state index contributed by atoms with van der Waals surface area (Å²) in [4.78, 5) is 12.2. The van der Waals surface area contributed by atoms with E-state index in [1.165, 1.54) is 19.2 Å². The van der Waals surface area contributed by atoms with E-state index in [1.807, 2.05) is 0 Å². The molecule has 0 radical (unpaired) electrons. The van der Waals surface area contributed by atoms with Crippen LogP contribution in [0.15, 0.2) is 53.4 Å². The normalized spacial score (nSPS) is 11.0. The number of hydrogen-bond donors (Lipinski definition) is 1. The summed E-state index contributed by atoms with van der Waals surface area (Å²) >= 11 is 0. The molecule has 2 aromatic rings. The molecule has 0 aliphatic carbocycles. The fourth-order valence-electron chi connectivity index (χ4n) is 2.07. The van der Waals surface area contributed by atoms with Crippen LogP contribution in [0.25, 0.3) is 0 Å². The number of ether oxygens (including phenoxy) is 1. The van der Waals surface area contributed by atoms with Gasteiger partial charge in [0.05, 0.1) is 17.6 Å². The summed E-state index contributed by atoms with van der Waals surface area (Å²) in [5.41, 5.74) is 1.37. The van der Waals surface area contributed by atoms with Crippen LogP contribution in [0.3, 0.4) is 0 Å². The van der Waals surface area contributed by atoms with Gasteiger partial charge in [-0.25, -0.2) is 8.42 Å². The summed E-state index contributed by atoms with van der Waals surface area (Å²) in [6.07, 6.45) is 0.573. The molecule has 0 atom stereocenters. The van der Waals surface area contributed by atoms with Crippen molar-refractivity contribution in [2.24, 2.45) is 0 Å². The van der Waals surface area contributed by atoms with E-state index >= 15 is 0 Å². The molecular formula is C16H16ClNO4S. The Hall–Kier alpha value is -2.05. The second-order valence-electron chi connectivity index (χ2n) is 4.79. The molecule has 0 unspecified atom stereocenters. The molecule has 0 saturated carbocycles. The van der Waals surface area contributed by atoms with Crippen LogP contribution < -0.4 is 10.1 Å². The van der Waals surface area contributed by atoms with E-state index in [1.54, 1.807) is 36.4 Å². The lowest BCUT2D eigenvalue weighted by molar-refractivity contribution is 0.0951. The number of methoxy groups -OCH3 is 1. The van der Waals surface area contributed by atoms with Crippen LogP contribution in [0, 0.1) is 0 Å². The molecular weight excluding hydrogens is 338 g/mol. The third-order valence-corrected chi connectivity index (χ3v) is 4.63. The van der Waals surface area contributed by atoms with Crippen molar-refractivity contribution >= 4 is 25.6 Å². The molecule has 5 nitrogen and oxygen atoms in total. The van der Waals surface area contributed by atoms with E-state index in [-0.39, 0.29) is 10.8 Å². The average Bonchev–Trinajstić information content (AvgIpc) is 2.54. The molecule has 0 aromatic heterocycles. The molecule has 1 N–H and O–H groups in total. The van der Waals surface area contributed by atoms with Crippen molar-refractivity contribution in [3.63, 3.8) is 0 Å². The maximum atomic E-state index is 12.1. The fourth-order valence-corrected chi connectivity index (χ4v) is 2.84. The van der Waals surface area contributed by atoms with E-state index in [2.05, 4.69) is 5.32 Å². The number of carbonyl (C=O) groups is 1. The van der Waals surface area contributed by atoms with Gasteiger partial charge < -0.3 is 10.1 Å². The highest BCUT2D eigenvalue weighted by Crippen LogP contribution is 2.17. The predicted molar refractivity (Wildman–Crippen MR) is 88.5 cm³/mol. The Morgan fingerprint density at radius 3 is 2.39 bits per heavy atom. The molecule has 0 saturated heterocycles. The van der Waals surface area contributed by atoms with Crippen molar-refractivity contribution in [1.29, 1.82) is 0 Å². The highest BCUT2D eigenvalue weighted by molar-refractivity contribution is 8.13. The van der Waals surface area contributed by atoms with Gasteiger partial charge in [-0.3, -0.25) is 4.79 Å². The van der Waals surface area contributed by atoms with Crippen molar-refractivity contribution in [1.82, 2.24) is 5.32 Å². The SMILES string of the molecule is COc1ccccc1C(=O)NCCc1ccc(S(=O)(=O)Cl)cc1. The Labute approximate surface area is 139 Å². The number of hydrogen-bond acceptors (Lipinski definition) is 4. The van der Waals surface area contributed by atoms with Gasteiger partial charge in [-0.05, 0) is 36.2 Å². The van der Waals surface area contributed by atoms with E-state index in [9.17, 15) is 13.2 Å². The zero-order valence-corrected chi connectivity index (χ0v) is 14.0. The number of nitrogens with one attached hydrogen (secondary N) is 1. The van der Waals surface area contributed by atoms with Gasteiger partial charge in [0, 0.05) is 17.2 Å². The van der Waals surface area contributed by atoms with Crippen LogP contribution in [-0.2, 0) is 15.5 Å². The first-order valence-electron chi connectivity index (χ1n) is 6.86. The zero-order valence-electron chi connectivity index (χ0n) is 12.5. The summed E-state index contributed by atoms with van der Waals surface area (Å²) in [6, 6.07) is 13.2. The number of rotatable bonds is 6. The summed E-state index contributed by atoms with van der Waals surface area (Å²) in [5, 5.41) is 2.80. The molecule has 2 aromatic carbocycles. The molecule has 0 spiro atoms. The Morgan fingerprint density at radius 2 is 1.78 bits per heavy atom. The maximum absolute atomic E-state index is 12.1. The lowest BCUT2D eigenvalue weighted by atomic mass is 10.1. The molecule has 0 aliphatic rings. The predicted octanol–water partition coefficient (Wildman–Crippen LogP) is 2.60. The lowest BCUT2D eigenvalue weighted by Crippen LogP contribution is -2.26. The summed E-state index contributed by atoms with van der Waals surface area (Å²) in [6.45, 7) is 0.420. The smallest absolute Gasteiger partial charge is 0.261 e. The first kappa shape index (κ1) is 17.3. The number of para-hydroxylation sites is 1. The van der Waals surface area contributed by atoms with Crippen molar-refractivity contribution in [3.8, 4) is 5.75 Å². The van der Waals surface area contributed by atoms with Gasteiger partial charge in [0.2, 0.25) is 0 Å². The largest absolute Gasteiger partial charge is 0.496 e. The van der Waals surface area contributed by atoms with Crippen molar-refractivity contribution in [2.75, 3.05) is 13.7 Å². The molecule has 122 valence electrons. The Balaban J connectivity index is 1.93. The quantitative estimate of drug-likeness (QED) is 0.810. The standard InChI is InChI=1S/C16H16ClNO4S/c1-22-15-5-3-2-4-14(15)16(19)18-11-10-12-6-8-13(9-7-12)23(17,20)21/h2-9H,10-11H2,1H3,(H,18,19). The van der Waals surface area contributed by atoms with Crippen molar-refractivity contribution < 1.29 is 17.9 Å². The Kier molecular flexibility index (Phi) is 5.63. The van der Waals surface area contributed by atoms with Crippen molar-refractivity contribution in [2.45, 2.75) is 11.3 Å². The third kappa shape index (κ3) is 4.71. The second-order valence-corrected chi connectivity index (χ2v) is 7.35. The van der Waals surface area contributed by atoms with Crippen LogP contribution in [-0.4, -0.2) is 28.0 Å².